The van der Waals surface area contributed by atoms with Crippen molar-refractivity contribution in [3.05, 3.63) is 76.5 Å². The number of benzene rings is 2. The molecule has 3 heterocycles. The summed E-state index contributed by atoms with van der Waals surface area (Å²) in [5.74, 6) is -0.911. The summed E-state index contributed by atoms with van der Waals surface area (Å²) in [4.78, 5) is 17.2. The number of carboxylic acids is 1. The van der Waals surface area contributed by atoms with Gasteiger partial charge >= 0.3 is 5.97 Å². The summed E-state index contributed by atoms with van der Waals surface area (Å²) in [6, 6.07) is 13.2. The number of carbonyl (C=O) groups is 1. The first-order chi connectivity index (χ1) is 21.9. The third-order valence-corrected chi connectivity index (χ3v) is 12.5. The van der Waals surface area contributed by atoms with E-state index in [1.54, 1.807) is 19.9 Å². The smallest absolute Gasteiger partial charge is 0.309 e. The van der Waals surface area contributed by atoms with Gasteiger partial charge in [-0.05, 0) is 99.5 Å². The summed E-state index contributed by atoms with van der Waals surface area (Å²) in [7, 11) is 0.0689. The number of aliphatic carboxylic acids is 1. The molecule has 1 atom stereocenters. The first-order valence-electron chi connectivity index (χ1n) is 15.6. The molecule has 6 rings (SSSR count). The molecule has 0 unspecified atom stereocenters. The number of hydrogen-bond acceptors (Lipinski definition) is 8. The number of carboxylic acid groups (broad SMARTS) is 1. The number of sulfonamides is 1. The summed E-state index contributed by atoms with van der Waals surface area (Å²) in [5, 5.41) is 21.6. The minimum atomic E-state index is -3.99. The lowest BCUT2D eigenvalue weighted by Gasteiger charge is -2.43. The molecule has 2 aromatic carbocycles. The van der Waals surface area contributed by atoms with Crippen molar-refractivity contribution in [2.45, 2.75) is 69.5 Å². The Labute approximate surface area is 272 Å². The average molecular weight is 660 g/mol. The Balaban J connectivity index is 1.46. The zero-order valence-electron chi connectivity index (χ0n) is 26.6. The van der Waals surface area contributed by atoms with Crippen LogP contribution >= 0.6 is 0 Å². The van der Waals surface area contributed by atoms with Crippen LogP contribution in [0.1, 0.15) is 67.0 Å². The minimum Gasteiger partial charge on any atom is -0.481 e. The van der Waals surface area contributed by atoms with E-state index in [0.29, 0.717) is 37.7 Å². The fourth-order valence-corrected chi connectivity index (χ4v) is 8.31. The number of nitrogens with one attached hydrogen (secondary N) is 1. The van der Waals surface area contributed by atoms with Gasteiger partial charge in [0.15, 0.2) is 0 Å². The molecule has 2 N–H and O–H groups in total. The predicted molar refractivity (Wildman–Crippen MR) is 174 cm³/mol. The van der Waals surface area contributed by atoms with Gasteiger partial charge in [0, 0.05) is 41.1 Å². The molecule has 13 heteroatoms. The van der Waals surface area contributed by atoms with Crippen LogP contribution < -0.4 is 10.1 Å². The molecule has 1 saturated carbocycles. The number of ether oxygens (including phenoxy) is 1. The molecule has 0 amide bonds. The molecule has 1 aliphatic heterocycles. The Morgan fingerprint density at radius 1 is 1.15 bits per heavy atom. The maximum Gasteiger partial charge on any atom is 0.309 e. The molecule has 0 bridgehead atoms. The fraction of sp³-hybridized carbons (Fsp3) is 0.455. The molecule has 3 radical (unpaired) electrons. The van der Waals surface area contributed by atoms with Gasteiger partial charge in [-0.3, -0.25) is 4.79 Å². The Morgan fingerprint density at radius 2 is 1.93 bits per heavy atom. The third-order valence-electron chi connectivity index (χ3n) is 9.43. The highest BCUT2D eigenvalue weighted by Crippen LogP contribution is 2.48. The standard InChI is InChI=1S/C33H39N6O5SSi/c1-21-8-9-24(19-23(21)20-38-17-6-14-34-16-18-44-30-28(45(38,42)43)7-5-15-35-30)33(46,32(3,4)31(40)41)26-12-13-27-29(22(26)2)36-37-39(27)25-10-11-25/h5,7-9,12-13,15,19,25,34H,6,10-11,14,16-18,20H2,1-4H3,(H,40,41)/t33-/m1/s1. The monoisotopic (exact) mass is 659 g/mol. The van der Waals surface area contributed by atoms with E-state index in [1.165, 1.54) is 16.6 Å². The van der Waals surface area contributed by atoms with Crippen LogP contribution in [0.3, 0.4) is 0 Å². The van der Waals surface area contributed by atoms with Crippen molar-refractivity contribution in [2.75, 3.05) is 26.2 Å². The van der Waals surface area contributed by atoms with Crippen LogP contribution in [0.25, 0.3) is 11.0 Å². The van der Waals surface area contributed by atoms with Gasteiger partial charge in [-0.25, -0.2) is 18.1 Å². The third kappa shape index (κ3) is 5.52. The molecular formula is C33H39N6O5SSi. The first kappa shape index (κ1) is 32.3. The number of fused-ring (bicyclic) bond motifs is 2. The summed E-state index contributed by atoms with van der Waals surface area (Å²) in [5.41, 5.74) is 4.25. The van der Waals surface area contributed by atoms with Crippen LogP contribution in [0, 0.1) is 19.3 Å². The zero-order valence-corrected chi connectivity index (χ0v) is 28.4. The topological polar surface area (TPSA) is 140 Å². The Morgan fingerprint density at radius 3 is 2.67 bits per heavy atom. The van der Waals surface area contributed by atoms with Crippen molar-refractivity contribution in [3.63, 3.8) is 0 Å². The van der Waals surface area contributed by atoms with E-state index in [0.717, 1.165) is 46.1 Å². The van der Waals surface area contributed by atoms with Gasteiger partial charge in [-0.2, -0.15) is 4.31 Å². The first-order valence-corrected chi connectivity index (χ1v) is 17.5. The van der Waals surface area contributed by atoms with Gasteiger partial charge in [0.1, 0.15) is 17.0 Å². The van der Waals surface area contributed by atoms with Crippen molar-refractivity contribution in [3.8, 4) is 5.88 Å². The molecule has 11 nitrogen and oxygen atoms in total. The van der Waals surface area contributed by atoms with E-state index < -0.39 is 26.4 Å². The lowest BCUT2D eigenvalue weighted by atomic mass is 9.68. The molecule has 0 spiro atoms. The van der Waals surface area contributed by atoms with Crippen LogP contribution in [0.5, 0.6) is 5.88 Å². The van der Waals surface area contributed by atoms with E-state index in [4.69, 9.17) is 4.74 Å². The molecule has 1 fully saturated rings. The van der Waals surface area contributed by atoms with E-state index in [-0.39, 0.29) is 23.9 Å². The van der Waals surface area contributed by atoms with Gasteiger partial charge in [0.25, 0.3) is 0 Å². The van der Waals surface area contributed by atoms with Gasteiger partial charge in [0.05, 0.1) is 17.0 Å². The Kier molecular flexibility index (Phi) is 8.55. The molecule has 241 valence electrons. The number of aryl methyl sites for hydroxylation is 2. The van der Waals surface area contributed by atoms with Gasteiger partial charge in [-0.15, -0.1) is 5.10 Å². The van der Waals surface area contributed by atoms with Crippen LogP contribution in [0.15, 0.2) is 53.6 Å². The number of rotatable bonds is 7. The maximum absolute atomic E-state index is 14.1. The predicted octanol–water partition coefficient (Wildman–Crippen LogP) is 3.86. The van der Waals surface area contributed by atoms with Gasteiger partial charge in [-0.1, -0.05) is 29.5 Å². The number of pyridine rings is 1. The summed E-state index contributed by atoms with van der Waals surface area (Å²) in [6.45, 7) is 9.14. The quantitative estimate of drug-likeness (QED) is 0.283. The number of aromatic nitrogens is 4. The highest BCUT2D eigenvalue weighted by molar-refractivity contribution is 7.89. The van der Waals surface area contributed by atoms with Gasteiger partial charge in [0.2, 0.25) is 15.9 Å². The van der Waals surface area contributed by atoms with Crippen molar-refractivity contribution in [1.29, 1.82) is 0 Å². The highest BCUT2D eigenvalue weighted by atomic mass is 32.2. The minimum absolute atomic E-state index is 0.0235. The maximum atomic E-state index is 14.1. The largest absolute Gasteiger partial charge is 0.481 e. The lowest BCUT2D eigenvalue weighted by molar-refractivity contribution is -0.148. The van der Waals surface area contributed by atoms with Crippen molar-refractivity contribution in [1.82, 2.24) is 29.6 Å². The summed E-state index contributed by atoms with van der Waals surface area (Å²) >= 11 is 0. The zero-order chi connectivity index (χ0) is 32.9. The SMILES string of the molecule is Cc1ccc([C@@]([Si])(c2ccc3c(nnn3C3CC3)c2C)C(C)(C)C(=O)O)cc1CN1CCCNCCOc2ncccc2S1(=O)=O. The highest BCUT2D eigenvalue weighted by Gasteiger charge is 2.50. The van der Waals surface area contributed by atoms with Crippen molar-refractivity contribution < 1.29 is 23.1 Å². The van der Waals surface area contributed by atoms with Crippen LogP contribution in [0.4, 0.5) is 0 Å². The molecular weight excluding hydrogens is 621 g/mol. The second-order valence-corrected chi connectivity index (χ2v) is 15.4. The fourth-order valence-electron chi connectivity index (χ4n) is 6.24. The van der Waals surface area contributed by atoms with Crippen molar-refractivity contribution in [2.24, 2.45) is 5.41 Å². The Bertz CT molecular complexity index is 1910. The van der Waals surface area contributed by atoms with E-state index in [2.05, 4.69) is 30.9 Å². The lowest BCUT2D eigenvalue weighted by Crippen LogP contribution is -2.49. The number of nitrogens with zero attached hydrogens (tertiary/aromatic N) is 5. The normalized spacial score (nSPS) is 19.1. The average Bonchev–Trinajstić information content (AvgIpc) is 3.78. The number of hydrogen-bond donors (Lipinski definition) is 2. The molecule has 1 aliphatic carbocycles. The Hall–Kier alpha value is -3.65. The second kappa shape index (κ2) is 12.2. The van der Waals surface area contributed by atoms with E-state index in [9.17, 15) is 18.3 Å². The van der Waals surface area contributed by atoms with Crippen molar-refractivity contribution >= 4 is 37.3 Å². The van der Waals surface area contributed by atoms with Crippen LogP contribution in [0.2, 0.25) is 0 Å². The van der Waals surface area contributed by atoms with Crippen LogP contribution in [-0.4, -0.2) is 80.3 Å². The second-order valence-electron chi connectivity index (χ2n) is 12.8. The van der Waals surface area contributed by atoms with E-state index >= 15 is 0 Å². The van der Waals surface area contributed by atoms with Crippen LogP contribution in [-0.2, 0) is 26.4 Å². The molecule has 46 heavy (non-hydrogen) atoms. The molecule has 0 saturated heterocycles. The summed E-state index contributed by atoms with van der Waals surface area (Å²) < 4.78 is 37.4. The molecule has 2 aliphatic rings. The molecule has 4 aromatic rings. The summed E-state index contributed by atoms with van der Waals surface area (Å²) in [6.07, 6.45) is 4.25. The van der Waals surface area contributed by atoms with Gasteiger partial charge < -0.3 is 15.2 Å². The van der Waals surface area contributed by atoms with E-state index in [1.807, 2.05) is 48.9 Å². The molecule has 2 aromatic heterocycles.